The summed E-state index contributed by atoms with van der Waals surface area (Å²) in [5, 5.41) is 2.16. The Hall–Kier alpha value is -0.160. The fourth-order valence-corrected chi connectivity index (χ4v) is 5.08. The van der Waals surface area contributed by atoms with Gasteiger partial charge < -0.3 is 0 Å². The molecule has 0 aromatic heterocycles. The predicted molar refractivity (Wildman–Crippen MR) is 105 cm³/mol. The Morgan fingerprint density at radius 3 is 1.48 bits per heavy atom. The molecule has 2 amide bonds. The average Bonchev–Trinajstić information content (AvgIpc) is 2.83. The molecular weight excluding hydrogens is 326 g/mol. The van der Waals surface area contributed by atoms with E-state index in [2.05, 4.69) is 19.2 Å². The van der Waals surface area contributed by atoms with Crippen LogP contribution in [0.3, 0.4) is 0 Å². The van der Waals surface area contributed by atoms with Crippen LogP contribution in [-0.4, -0.2) is 33.8 Å². The molecule has 1 N–H and O–H groups in total. The Kier molecular flexibility index (Phi) is 15.3. The van der Waals surface area contributed by atoms with Gasteiger partial charge in [-0.15, -0.1) is 23.5 Å². The van der Waals surface area contributed by atoms with Crippen LogP contribution < -0.4 is 5.32 Å². The molecular formula is C18H35NO2S2. The number of carbonyl (C=O) groups excluding carboxylic acids is 2. The van der Waals surface area contributed by atoms with Crippen LogP contribution in [0.25, 0.3) is 0 Å². The zero-order valence-electron chi connectivity index (χ0n) is 15.4. The Morgan fingerprint density at radius 1 is 0.739 bits per heavy atom. The van der Waals surface area contributed by atoms with Crippen LogP contribution in [0.1, 0.15) is 79.1 Å². The van der Waals surface area contributed by atoms with Gasteiger partial charge in [0.2, 0.25) is 11.8 Å². The summed E-state index contributed by atoms with van der Waals surface area (Å²) in [5.41, 5.74) is 0. The van der Waals surface area contributed by atoms with Crippen LogP contribution >= 0.6 is 23.5 Å². The number of thioether (sulfide) groups is 2. The van der Waals surface area contributed by atoms with E-state index in [4.69, 9.17) is 0 Å². The molecule has 136 valence electrons. The van der Waals surface area contributed by atoms with E-state index >= 15 is 0 Å². The van der Waals surface area contributed by atoms with E-state index < -0.39 is 0 Å². The van der Waals surface area contributed by atoms with Crippen LogP contribution in [0, 0.1) is 0 Å². The van der Waals surface area contributed by atoms with Crippen LogP contribution in [0.4, 0.5) is 0 Å². The molecule has 0 radical (unpaired) electrons. The van der Waals surface area contributed by atoms with Crippen molar-refractivity contribution >= 4 is 35.3 Å². The Morgan fingerprint density at radius 2 is 1.13 bits per heavy atom. The Balaban J connectivity index is 0.00000232. The summed E-state index contributed by atoms with van der Waals surface area (Å²) in [4.78, 5) is 23.8. The van der Waals surface area contributed by atoms with Crippen molar-refractivity contribution in [2.75, 3.05) is 11.5 Å². The fraction of sp³-hybridized carbons (Fsp3) is 0.889. The van der Waals surface area contributed by atoms with Crippen molar-refractivity contribution in [3.8, 4) is 0 Å². The summed E-state index contributed by atoms with van der Waals surface area (Å²) in [6.45, 7) is 8.39. The van der Waals surface area contributed by atoms with E-state index in [-0.39, 0.29) is 22.3 Å². The van der Waals surface area contributed by atoms with Gasteiger partial charge in [-0.2, -0.15) is 0 Å². The van der Waals surface area contributed by atoms with E-state index in [1.54, 1.807) is 23.5 Å². The molecule has 0 aromatic rings. The average molecular weight is 362 g/mol. The second-order valence-electron chi connectivity index (χ2n) is 5.56. The summed E-state index contributed by atoms with van der Waals surface area (Å²) in [6.07, 6.45) is 9.69. The van der Waals surface area contributed by atoms with Crippen molar-refractivity contribution in [3.05, 3.63) is 0 Å². The lowest BCUT2D eigenvalue weighted by Gasteiger charge is -2.14. The molecule has 1 rings (SSSR count). The maximum atomic E-state index is 11.9. The van der Waals surface area contributed by atoms with Gasteiger partial charge in [0.25, 0.3) is 0 Å². The predicted octanol–water partition coefficient (Wildman–Crippen LogP) is 5.03. The molecule has 0 spiro atoms. The lowest BCUT2D eigenvalue weighted by atomic mass is 10.2. The Bertz CT molecular complexity index is 294. The molecule has 0 aromatic carbocycles. The number of amides is 2. The summed E-state index contributed by atoms with van der Waals surface area (Å²) in [6, 6.07) is 0. The van der Waals surface area contributed by atoms with Gasteiger partial charge in [0.15, 0.2) is 0 Å². The zero-order chi connectivity index (χ0) is 17.5. The standard InChI is InChI=1S/C16H29NO2S2.C2H6/c1-3-5-7-9-11-20-13-14(16(19)17-15(13)18)21-12-10-8-6-4-2;1-2/h13-14H,3-12H2,1-2H3,(H,17,18,19);1-2H3. The van der Waals surface area contributed by atoms with Crippen molar-refractivity contribution in [2.24, 2.45) is 0 Å². The van der Waals surface area contributed by atoms with Crippen LogP contribution in [0.15, 0.2) is 0 Å². The van der Waals surface area contributed by atoms with E-state index in [1.165, 1.54) is 38.5 Å². The van der Waals surface area contributed by atoms with Gasteiger partial charge in [-0.05, 0) is 24.3 Å². The van der Waals surface area contributed by atoms with Gasteiger partial charge in [0.1, 0.15) is 10.5 Å². The first-order valence-corrected chi connectivity index (χ1v) is 11.4. The summed E-state index contributed by atoms with van der Waals surface area (Å²) < 4.78 is 0. The molecule has 0 saturated carbocycles. The lowest BCUT2D eigenvalue weighted by molar-refractivity contribution is -0.124. The van der Waals surface area contributed by atoms with Crippen LogP contribution in [0.5, 0.6) is 0 Å². The number of nitrogens with one attached hydrogen (secondary N) is 1. The number of rotatable bonds is 12. The maximum absolute atomic E-state index is 11.9. The quantitative estimate of drug-likeness (QED) is 0.391. The van der Waals surface area contributed by atoms with E-state index in [1.807, 2.05) is 13.8 Å². The summed E-state index contributed by atoms with van der Waals surface area (Å²) >= 11 is 3.34. The molecule has 0 aliphatic carbocycles. The fourth-order valence-electron chi connectivity index (χ4n) is 2.34. The number of carbonyl (C=O) groups is 2. The molecule has 1 fully saturated rings. The molecule has 1 heterocycles. The van der Waals surface area contributed by atoms with Crippen molar-refractivity contribution in [2.45, 2.75) is 89.6 Å². The maximum Gasteiger partial charge on any atom is 0.241 e. The Labute approximate surface area is 151 Å². The van der Waals surface area contributed by atoms with Crippen molar-refractivity contribution in [3.63, 3.8) is 0 Å². The molecule has 2 atom stereocenters. The minimum absolute atomic E-state index is 0.0773. The van der Waals surface area contributed by atoms with Crippen molar-refractivity contribution in [1.29, 1.82) is 0 Å². The highest BCUT2D eigenvalue weighted by atomic mass is 32.2. The number of unbranched alkanes of at least 4 members (excludes halogenated alkanes) is 6. The van der Waals surface area contributed by atoms with Crippen LogP contribution in [0.2, 0.25) is 0 Å². The zero-order valence-corrected chi connectivity index (χ0v) is 17.0. The van der Waals surface area contributed by atoms with Gasteiger partial charge >= 0.3 is 0 Å². The van der Waals surface area contributed by atoms with E-state index in [0.717, 1.165) is 24.3 Å². The minimum Gasteiger partial charge on any atom is -0.294 e. The van der Waals surface area contributed by atoms with Crippen molar-refractivity contribution in [1.82, 2.24) is 5.32 Å². The summed E-state index contributed by atoms with van der Waals surface area (Å²) in [7, 11) is 0. The van der Waals surface area contributed by atoms with Gasteiger partial charge in [-0.3, -0.25) is 14.9 Å². The summed E-state index contributed by atoms with van der Waals surface area (Å²) in [5.74, 6) is 1.81. The normalized spacial score (nSPS) is 20.2. The van der Waals surface area contributed by atoms with E-state index in [9.17, 15) is 9.59 Å². The van der Waals surface area contributed by atoms with Gasteiger partial charge in [-0.1, -0.05) is 66.2 Å². The molecule has 1 aliphatic rings. The first-order valence-electron chi connectivity index (χ1n) is 9.28. The van der Waals surface area contributed by atoms with Gasteiger partial charge in [0, 0.05) is 0 Å². The molecule has 0 bridgehead atoms. The number of hydrogen-bond acceptors (Lipinski definition) is 4. The highest BCUT2D eigenvalue weighted by Crippen LogP contribution is 2.30. The third kappa shape index (κ3) is 9.65. The van der Waals surface area contributed by atoms with Crippen LogP contribution in [-0.2, 0) is 9.59 Å². The minimum atomic E-state index is -0.171. The molecule has 5 heteroatoms. The van der Waals surface area contributed by atoms with E-state index in [0.29, 0.717) is 0 Å². The molecule has 1 saturated heterocycles. The monoisotopic (exact) mass is 361 g/mol. The first-order chi connectivity index (χ1) is 11.2. The number of imide groups is 1. The second-order valence-corrected chi connectivity index (χ2v) is 8.06. The molecule has 3 nitrogen and oxygen atoms in total. The topological polar surface area (TPSA) is 46.2 Å². The molecule has 23 heavy (non-hydrogen) atoms. The third-order valence-corrected chi connectivity index (χ3v) is 6.54. The van der Waals surface area contributed by atoms with Crippen molar-refractivity contribution < 1.29 is 9.59 Å². The SMILES string of the molecule is CC.CCCCCCSC1C(=O)NC(=O)C1SCCCCCC. The number of hydrogen-bond donors (Lipinski definition) is 1. The largest absolute Gasteiger partial charge is 0.294 e. The lowest BCUT2D eigenvalue weighted by Crippen LogP contribution is -2.24. The smallest absolute Gasteiger partial charge is 0.241 e. The second kappa shape index (κ2) is 15.4. The molecule has 1 aliphatic heterocycles. The van der Waals surface area contributed by atoms with Gasteiger partial charge in [-0.25, -0.2) is 0 Å². The van der Waals surface area contributed by atoms with Gasteiger partial charge in [0.05, 0.1) is 0 Å². The third-order valence-electron chi connectivity index (χ3n) is 3.63. The first kappa shape index (κ1) is 22.8. The highest BCUT2D eigenvalue weighted by molar-refractivity contribution is 8.04. The molecule has 2 unspecified atom stereocenters. The highest BCUT2D eigenvalue weighted by Gasteiger charge is 2.41.